The second-order valence-electron chi connectivity index (χ2n) is 9.82. The molecule has 2 saturated carbocycles. The van der Waals surface area contributed by atoms with Crippen molar-refractivity contribution in [1.82, 2.24) is 19.3 Å². The van der Waals surface area contributed by atoms with Crippen LogP contribution in [0.2, 0.25) is 0 Å². The molecule has 2 aliphatic rings. The number of hydrogen-bond acceptors (Lipinski definition) is 4. The normalized spacial score (nSPS) is 27.6. The van der Waals surface area contributed by atoms with Crippen molar-refractivity contribution in [1.29, 1.82) is 0 Å². The smallest absolute Gasteiger partial charge is 0.240 e. The zero-order chi connectivity index (χ0) is 23.5. The average molecular weight is 476 g/mol. The van der Waals surface area contributed by atoms with Gasteiger partial charge in [0.2, 0.25) is 10.0 Å². The second-order valence-corrected chi connectivity index (χ2v) is 11.5. The van der Waals surface area contributed by atoms with Gasteiger partial charge in [-0.15, -0.1) is 0 Å². The quantitative estimate of drug-likeness (QED) is 0.458. The Hall–Kier alpha value is -2.97. The molecule has 0 radical (unpaired) electrons. The second kappa shape index (κ2) is 7.78. The van der Waals surface area contributed by atoms with Crippen LogP contribution < -0.4 is 10.2 Å². The van der Waals surface area contributed by atoms with Gasteiger partial charge < -0.3 is 9.55 Å². The highest BCUT2D eigenvalue weighted by Gasteiger charge is 2.59. The molecule has 4 atom stereocenters. The Balaban J connectivity index is 1.28. The summed E-state index contributed by atoms with van der Waals surface area (Å²) in [4.78, 5) is 12.6. The summed E-state index contributed by atoms with van der Waals surface area (Å²) >= 11 is 0. The molecule has 8 heteroatoms. The Morgan fingerprint density at radius 2 is 1.94 bits per heavy atom. The van der Waals surface area contributed by atoms with Crippen LogP contribution in [0.3, 0.4) is 0 Å². The van der Waals surface area contributed by atoms with Crippen LogP contribution in [0.5, 0.6) is 0 Å². The molecule has 2 N–H and O–H groups in total. The Kier molecular flexibility index (Phi) is 4.93. The third kappa shape index (κ3) is 3.31. The predicted molar refractivity (Wildman–Crippen MR) is 133 cm³/mol. The van der Waals surface area contributed by atoms with Crippen LogP contribution >= 0.6 is 0 Å². The monoisotopic (exact) mass is 475 g/mol. The number of fused-ring (bicyclic) bond motifs is 2. The molecule has 2 aromatic heterocycles. The van der Waals surface area contributed by atoms with E-state index in [1.165, 1.54) is 0 Å². The van der Waals surface area contributed by atoms with Crippen molar-refractivity contribution >= 4 is 32.0 Å². The van der Waals surface area contributed by atoms with Crippen LogP contribution in [0.15, 0.2) is 70.8 Å². The first-order chi connectivity index (χ1) is 16.4. The van der Waals surface area contributed by atoms with E-state index in [0.717, 1.165) is 53.1 Å². The summed E-state index contributed by atoms with van der Waals surface area (Å²) in [6.45, 7) is 2.29. The van der Waals surface area contributed by atoms with Gasteiger partial charge in [-0.05, 0) is 66.5 Å². The Bertz CT molecular complexity index is 1570. The average Bonchev–Trinajstić information content (AvgIpc) is 3.19. The summed E-state index contributed by atoms with van der Waals surface area (Å²) in [5, 5.41) is 1.97. The number of sulfonamides is 1. The number of hydrogen-bond donors (Lipinski definition) is 2. The Labute approximate surface area is 199 Å². The molecule has 0 spiro atoms. The third-order valence-corrected chi connectivity index (χ3v) is 9.47. The highest BCUT2D eigenvalue weighted by molar-refractivity contribution is 7.89. The molecule has 2 aliphatic carbocycles. The molecule has 0 amide bonds. The fraction of sp³-hybridized carbons (Fsp3) is 0.385. The summed E-state index contributed by atoms with van der Waals surface area (Å²) in [6.07, 6.45) is 7.47. The largest absolute Gasteiger partial charge is 0.345 e. The van der Waals surface area contributed by atoms with Gasteiger partial charge >= 0.3 is 0 Å². The highest BCUT2D eigenvalue weighted by atomic mass is 32.2. The molecule has 2 heterocycles. The zero-order valence-electron chi connectivity index (χ0n) is 19.4. The van der Waals surface area contributed by atoms with E-state index >= 15 is 0 Å². The van der Waals surface area contributed by atoms with Crippen LogP contribution in [0, 0.1) is 11.8 Å². The first-order valence-corrected chi connectivity index (χ1v) is 13.4. The van der Waals surface area contributed by atoms with Crippen LogP contribution in [-0.4, -0.2) is 36.0 Å². The minimum absolute atomic E-state index is 0.0542. The van der Waals surface area contributed by atoms with E-state index in [2.05, 4.69) is 37.2 Å². The van der Waals surface area contributed by atoms with Crippen molar-refractivity contribution in [2.75, 3.05) is 7.05 Å². The van der Waals surface area contributed by atoms with E-state index in [4.69, 9.17) is 0 Å². The summed E-state index contributed by atoms with van der Waals surface area (Å²) in [5.74, 6) is 0.872. The van der Waals surface area contributed by atoms with E-state index in [1.54, 1.807) is 12.1 Å². The topological polar surface area (TPSA) is 92.1 Å². The Morgan fingerprint density at radius 1 is 1.15 bits per heavy atom. The zero-order valence-corrected chi connectivity index (χ0v) is 20.2. The molecule has 0 bridgehead atoms. The number of H-pyrrole nitrogens is 1. The summed E-state index contributed by atoms with van der Waals surface area (Å²) in [6, 6.07) is 15.2. The van der Waals surface area contributed by atoms with Crippen LogP contribution in [0.1, 0.15) is 32.6 Å². The number of nitrogens with zero attached hydrogens (tertiary/aromatic N) is 3. The molecule has 3 unspecified atom stereocenters. The maximum atomic E-state index is 13.2. The SMILES string of the molecule is CN=c1cnc2[nH]ccc2n1C1(C2CC[C@H](NS(=O)(=O)c3ccc4ccccc4c3)C2)CC1C. The number of nitrogens with one attached hydrogen (secondary N) is 2. The van der Waals surface area contributed by atoms with E-state index in [-0.39, 0.29) is 11.6 Å². The molecule has 0 aliphatic heterocycles. The lowest BCUT2D eigenvalue weighted by Crippen LogP contribution is -2.39. The fourth-order valence-corrected chi connectivity index (χ4v) is 7.51. The summed E-state index contributed by atoms with van der Waals surface area (Å²) in [5.41, 5.74) is 2.74. The number of aromatic amines is 1. The maximum absolute atomic E-state index is 13.2. The molecule has 2 fully saturated rings. The lowest BCUT2D eigenvalue weighted by Gasteiger charge is -2.29. The number of aromatic nitrogens is 3. The number of rotatable bonds is 5. The molecule has 2 aromatic carbocycles. The van der Waals surface area contributed by atoms with Crippen molar-refractivity contribution < 1.29 is 8.42 Å². The molecule has 0 saturated heterocycles. The number of benzene rings is 2. The first kappa shape index (κ1) is 21.6. The summed E-state index contributed by atoms with van der Waals surface area (Å²) < 4.78 is 31.8. The van der Waals surface area contributed by atoms with Crippen molar-refractivity contribution in [2.24, 2.45) is 16.8 Å². The first-order valence-electron chi connectivity index (χ1n) is 11.9. The molecule has 7 nitrogen and oxygen atoms in total. The molecule has 34 heavy (non-hydrogen) atoms. The minimum Gasteiger partial charge on any atom is -0.345 e. The van der Waals surface area contributed by atoms with Crippen molar-refractivity contribution in [2.45, 2.75) is 49.1 Å². The van der Waals surface area contributed by atoms with Gasteiger partial charge in [0.1, 0.15) is 5.49 Å². The van der Waals surface area contributed by atoms with E-state index < -0.39 is 10.0 Å². The lowest BCUT2D eigenvalue weighted by molar-refractivity contribution is 0.281. The molecule has 176 valence electrons. The van der Waals surface area contributed by atoms with Gasteiger partial charge in [0.05, 0.1) is 22.1 Å². The molecule has 6 rings (SSSR count). The molecular weight excluding hydrogens is 446 g/mol. The van der Waals surface area contributed by atoms with E-state index in [0.29, 0.717) is 16.7 Å². The standard InChI is InChI=1S/C26H29N5O2S/c1-17-15-26(17,31-23-11-12-28-25(23)29-16-24(31)27-2)20-8-9-21(14-20)30-34(32,33)22-10-7-18-5-3-4-6-19(18)13-22/h3-7,10-13,16-17,20-21,28,30H,8-9,14-15H2,1-2H3/t17?,20?,21-,26?/m0/s1. The summed E-state index contributed by atoms with van der Waals surface area (Å²) in [7, 11) is -1.78. The van der Waals surface area contributed by atoms with Crippen LogP contribution in [0.25, 0.3) is 21.9 Å². The van der Waals surface area contributed by atoms with Crippen molar-refractivity contribution in [3.05, 3.63) is 66.4 Å². The maximum Gasteiger partial charge on any atom is 0.240 e. The highest BCUT2D eigenvalue weighted by Crippen LogP contribution is 2.59. The van der Waals surface area contributed by atoms with Gasteiger partial charge in [-0.25, -0.2) is 18.1 Å². The third-order valence-electron chi connectivity index (χ3n) is 7.95. The van der Waals surface area contributed by atoms with Gasteiger partial charge in [0.25, 0.3) is 0 Å². The van der Waals surface area contributed by atoms with Gasteiger partial charge in [-0.1, -0.05) is 37.3 Å². The molecular formula is C26H29N5O2S. The predicted octanol–water partition coefficient (Wildman–Crippen LogP) is 3.93. The van der Waals surface area contributed by atoms with Gasteiger partial charge in [-0.2, -0.15) is 0 Å². The fourth-order valence-electron chi connectivity index (χ4n) is 6.19. The van der Waals surface area contributed by atoms with Gasteiger partial charge in [0.15, 0.2) is 5.65 Å². The van der Waals surface area contributed by atoms with Crippen molar-refractivity contribution in [3.8, 4) is 0 Å². The van der Waals surface area contributed by atoms with Gasteiger partial charge in [-0.3, -0.25) is 4.99 Å². The van der Waals surface area contributed by atoms with Crippen LogP contribution in [-0.2, 0) is 15.6 Å². The van der Waals surface area contributed by atoms with Crippen molar-refractivity contribution in [3.63, 3.8) is 0 Å². The van der Waals surface area contributed by atoms with Crippen LogP contribution in [0.4, 0.5) is 0 Å². The van der Waals surface area contributed by atoms with E-state index in [9.17, 15) is 8.42 Å². The van der Waals surface area contributed by atoms with Gasteiger partial charge in [0, 0.05) is 19.3 Å². The minimum atomic E-state index is -3.59. The molecule has 4 aromatic rings. The lowest BCUT2D eigenvalue weighted by atomic mass is 9.92. The Morgan fingerprint density at radius 3 is 2.71 bits per heavy atom. The van der Waals surface area contributed by atoms with E-state index in [1.807, 2.05) is 49.8 Å².